The van der Waals surface area contributed by atoms with Crippen LogP contribution in [-0.2, 0) is 17.6 Å². The Kier molecular flexibility index (Phi) is 6.75. The molecule has 0 saturated heterocycles. The third kappa shape index (κ3) is 6.12. The molecule has 0 aliphatic carbocycles. The number of amides is 1. The van der Waals surface area contributed by atoms with E-state index in [1.54, 1.807) is 24.3 Å². The van der Waals surface area contributed by atoms with Crippen LogP contribution in [0.1, 0.15) is 24.0 Å². The highest BCUT2D eigenvalue weighted by Crippen LogP contribution is 2.22. The van der Waals surface area contributed by atoms with Crippen LogP contribution in [-0.4, -0.2) is 17.6 Å². The SMILES string of the molecule is O=C(CCc1ccc(Cl)cc1Cl)NCCCc1ccc(O)cc1. The Balaban J connectivity index is 1.66. The smallest absolute Gasteiger partial charge is 0.220 e. The fourth-order valence-electron chi connectivity index (χ4n) is 2.24. The molecule has 5 heteroatoms. The number of carbonyl (C=O) groups is 1. The minimum atomic E-state index is 0.0155. The van der Waals surface area contributed by atoms with Crippen molar-refractivity contribution in [2.45, 2.75) is 25.7 Å². The van der Waals surface area contributed by atoms with Gasteiger partial charge in [0.25, 0.3) is 0 Å². The van der Waals surface area contributed by atoms with Crippen LogP contribution >= 0.6 is 23.2 Å². The number of aromatic hydroxyl groups is 1. The Hall–Kier alpha value is -1.71. The number of rotatable bonds is 7. The summed E-state index contributed by atoms with van der Waals surface area (Å²) >= 11 is 11.9. The Bertz CT molecular complexity index is 657. The Morgan fingerprint density at radius 3 is 2.48 bits per heavy atom. The number of phenolic OH excluding ortho intramolecular Hbond substituents is 1. The summed E-state index contributed by atoms with van der Waals surface area (Å²) in [5.41, 5.74) is 2.07. The monoisotopic (exact) mass is 351 g/mol. The molecule has 0 heterocycles. The van der Waals surface area contributed by atoms with Crippen LogP contribution in [0.5, 0.6) is 5.75 Å². The molecule has 2 aromatic rings. The van der Waals surface area contributed by atoms with Crippen molar-refractivity contribution in [2.75, 3.05) is 6.54 Å². The molecule has 2 N–H and O–H groups in total. The van der Waals surface area contributed by atoms with Crippen LogP contribution in [0.2, 0.25) is 10.0 Å². The van der Waals surface area contributed by atoms with E-state index in [0.29, 0.717) is 29.4 Å². The number of halogens is 2. The van der Waals surface area contributed by atoms with E-state index in [2.05, 4.69) is 5.32 Å². The average Bonchev–Trinajstić information content (AvgIpc) is 2.52. The second kappa shape index (κ2) is 8.80. The van der Waals surface area contributed by atoms with Gasteiger partial charge in [0.1, 0.15) is 5.75 Å². The van der Waals surface area contributed by atoms with Crippen molar-refractivity contribution in [3.05, 3.63) is 63.6 Å². The topological polar surface area (TPSA) is 49.3 Å². The van der Waals surface area contributed by atoms with Gasteiger partial charge in [-0.25, -0.2) is 0 Å². The largest absolute Gasteiger partial charge is 0.508 e. The van der Waals surface area contributed by atoms with E-state index in [1.807, 2.05) is 18.2 Å². The zero-order valence-corrected chi connectivity index (χ0v) is 14.2. The van der Waals surface area contributed by atoms with Gasteiger partial charge in [-0.2, -0.15) is 0 Å². The molecular formula is C18H19Cl2NO2. The van der Waals surface area contributed by atoms with Crippen molar-refractivity contribution in [2.24, 2.45) is 0 Å². The second-order valence-electron chi connectivity index (χ2n) is 5.36. The molecule has 0 aliphatic heterocycles. The van der Waals surface area contributed by atoms with Crippen LogP contribution in [0.4, 0.5) is 0 Å². The van der Waals surface area contributed by atoms with E-state index in [-0.39, 0.29) is 11.7 Å². The molecule has 2 rings (SSSR count). The Labute approximate surface area is 146 Å². The van der Waals surface area contributed by atoms with Crippen LogP contribution in [0.25, 0.3) is 0 Å². The molecule has 0 unspecified atom stereocenters. The quantitative estimate of drug-likeness (QED) is 0.727. The summed E-state index contributed by atoms with van der Waals surface area (Å²) < 4.78 is 0. The maximum Gasteiger partial charge on any atom is 0.220 e. The van der Waals surface area contributed by atoms with Crippen molar-refractivity contribution < 1.29 is 9.90 Å². The molecule has 0 atom stereocenters. The molecular weight excluding hydrogens is 333 g/mol. The fourth-order valence-corrected chi connectivity index (χ4v) is 2.75. The fraction of sp³-hybridized carbons (Fsp3) is 0.278. The molecule has 0 aromatic heterocycles. The molecule has 23 heavy (non-hydrogen) atoms. The van der Waals surface area contributed by atoms with Crippen molar-refractivity contribution in [3.63, 3.8) is 0 Å². The summed E-state index contributed by atoms with van der Waals surface area (Å²) in [6, 6.07) is 12.4. The van der Waals surface area contributed by atoms with Crippen molar-refractivity contribution in [1.82, 2.24) is 5.32 Å². The van der Waals surface area contributed by atoms with Gasteiger partial charge in [-0.15, -0.1) is 0 Å². The summed E-state index contributed by atoms with van der Waals surface area (Å²) in [6.45, 7) is 0.633. The molecule has 122 valence electrons. The summed E-state index contributed by atoms with van der Waals surface area (Å²) in [6.07, 6.45) is 2.72. The summed E-state index contributed by atoms with van der Waals surface area (Å²) in [7, 11) is 0. The number of carbonyl (C=O) groups excluding carboxylic acids is 1. The summed E-state index contributed by atoms with van der Waals surface area (Å²) in [4.78, 5) is 11.8. The molecule has 1 amide bonds. The normalized spacial score (nSPS) is 10.5. The first-order valence-electron chi connectivity index (χ1n) is 7.53. The molecule has 0 fully saturated rings. The van der Waals surface area contributed by atoms with Gasteiger partial charge in [-0.1, -0.05) is 41.4 Å². The van der Waals surface area contributed by atoms with Gasteiger partial charge < -0.3 is 10.4 Å². The molecule has 0 spiro atoms. The number of hydrogen-bond acceptors (Lipinski definition) is 2. The third-order valence-electron chi connectivity index (χ3n) is 3.54. The maximum atomic E-state index is 11.8. The van der Waals surface area contributed by atoms with Gasteiger partial charge in [-0.05, 0) is 54.7 Å². The first-order valence-corrected chi connectivity index (χ1v) is 8.29. The van der Waals surface area contributed by atoms with Crippen molar-refractivity contribution >= 4 is 29.1 Å². The van der Waals surface area contributed by atoms with Gasteiger partial charge in [-0.3, -0.25) is 4.79 Å². The van der Waals surface area contributed by atoms with Crippen LogP contribution in [0.3, 0.4) is 0 Å². The first kappa shape index (κ1) is 17.6. The van der Waals surface area contributed by atoms with E-state index in [1.165, 1.54) is 0 Å². The maximum absolute atomic E-state index is 11.8. The van der Waals surface area contributed by atoms with Crippen molar-refractivity contribution in [3.8, 4) is 5.75 Å². The summed E-state index contributed by atoms with van der Waals surface area (Å²) in [5.74, 6) is 0.282. The van der Waals surface area contributed by atoms with Gasteiger partial charge in [0.2, 0.25) is 5.91 Å². The number of nitrogens with one attached hydrogen (secondary N) is 1. The highest BCUT2D eigenvalue weighted by molar-refractivity contribution is 6.35. The minimum Gasteiger partial charge on any atom is -0.508 e. The second-order valence-corrected chi connectivity index (χ2v) is 6.20. The lowest BCUT2D eigenvalue weighted by atomic mass is 10.1. The van der Waals surface area contributed by atoms with E-state index < -0.39 is 0 Å². The predicted molar refractivity (Wildman–Crippen MR) is 94.2 cm³/mol. The van der Waals surface area contributed by atoms with Gasteiger partial charge in [0.05, 0.1) is 0 Å². The van der Waals surface area contributed by atoms with Gasteiger partial charge in [0.15, 0.2) is 0 Å². The van der Waals surface area contributed by atoms with Crippen molar-refractivity contribution in [1.29, 1.82) is 0 Å². The van der Waals surface area contributed by atoms with Gasteiger partial charge >= 0.3 is 0 Å². The molecule has 0 saturated carbocycles. The Morgan fingerprint density at radius 1 is 1.04 bits per heavy atom. The number of benzene rings is 2. The zero-order chi connectivity index (χ0) is 16.7. The molecule has 0 aliphatic rings. The van der Waals surface area contributed by atoms with E-state index >= 15 is 0 Å². The average molecular weight is 352 g/mol. The zero-order valence-electron chi connectivity index (χ0n) is 12.7. The summed E-state index contributed by atoms with van der Waals surface area (Å²) in [5, 5.41) is 13.3. The molecule has 0 bridgehead atoms. The van der Waals surface area contributed by atoms with E-state index in [0.717, 1.165) is 24.0 Å². The standard InChI is InChI=1S/C18H19Cl2NO2/c19-15-7-5-14(17(20)12-15)6-10-18(23)21-11-1-2-13-3-8-16(22)9-4-13/h3-5,7-9,12,22H,1-2,6,10-11H2,(H,21,23). The van der Waals surface area contributed by atoms with E-state index in [9.17, 15) is 9.90 Å². The first-order chi connectivity index (χ1) is 11.0. The number of hydrogen-bond donors (Lipinski definition) is 2. The lowest BCUT2D eigenvalue weighted by Crippen LogP contribution is -2.25. The van der Waals surface area contributed by atoms with Crippen LogP contribution < -0.4 is 5.32 Å². The lowest BCUT2D eigenvalue weighted by Gasteiger charge is -2.07. The molecule has 2 aromatic carbocycles. The highest BCUT2D eigenvalue weighted by atomic mass is 35.5. The minimum absolute atomic E-state index is 0.0155. The third-order valence-corrected chi connectivity index (χ3v) is 4.12. The number of aryl methyl sites for hydroxylation is 2. The highest BCUT2D eigenvalue weighted by Gasteiger charge is 2.05. The Morgan fingerprint density at radius 2 is 1.78 bits per heavy atom. The molecule has 3 nitrogen and oxygen atoms in total. The van der Waals surface area contributed by atoms with Crippen LogP contribution in [0.15, 0.2) is 42.5 Å². The predicted octanol–water partition coefficient (Wildman–Crippen LogP) is 4.38. The van der Waals surface area contributed by atoms with Crippen LogP contribution in [0, 0.1) is 0 Å². The van der Waals surface area contributed by atoms with Gasteiger partial charge in [0, 0.05) is 23.0 Å². The van der Waals surface area contributed by atoms with E-state index in [4.69, 9.17) is 23.2 Å². The molecule has 0 radical (unpaired) electrons. The lowest BCUT2D eigenvalue weighted by molar-refractivity contribution is -0.121. The number of phenols is 1.